The molecule has 152 valence electrons. The van der Waals surface area contributed by atoms with Gasteiger partial charge in [-0.25, -0.2) is 0 Å². The number of anilines is 1. The summed E-state index contributed by atoms with van der Waals surface area (Å²) in [4.78, 5) is 27.7. The zero-order valence-electron chi connectivity index (χ0n) is 17.0. The van der Waals surface area contributed by atoms with Crippen molar-refractivity contribution < 1.29 is 9.59 Å². The predicted molar refractivity (Wildman–Crippen MR) is 111 cm³/mol. The lowest BCUT2D eigenvalue weighted by Gasteiger charge is -2.32. The minimum atomic E-state index is 0.0164. The fraction of sp³-hybridized carbons (Fsp3) is 0.652. The number of nitrogens with one attached hydrogen (secondary N) is 2. The molecule has 2 heterocycles. The maximum absolute atomic E-state index is 13.1. The van der Waals surface area contributed by atoms with Gasteiger partial charge in [0.2, 0.25) is 5.91 Å². The first kappa shape index (κ1) is 19.4. The average molecular weight is 384 g/mol. The number of carbonyl (C=O) groups is 2. The van der Waals surface area contributed by atoms with E-state index in [1.54, 1.807) is 0 Å². The second-order valence-corrected chi connectivity index (χ2v) is 8.98. The standard InChI is InChI=1S/C23H33N3O2/c1-26(19-7-3-2-4-8-19)23(28)20-9-5-6-10-21(20)25-22(27)15-16-13-17-11-12-18(14-16)24-17/h5-6,9-10,16-19,24H,2-4,7-8,11-15H2,1H3,(H,25,27). The van der Waals surface area contributed by atoms with Gasteiger partial charge in [-0.05, 0) is 56.6 Å². The van der Waals surface area contributed by atoms with Gasteiger partial charge >= 0.3 is 0 Å². The first-order chi connectivity index (χ1) is 13.6. The second kappa shape index (κ2) is 8.64. The van der Waals surface area contributed by atoms with Crippen molar-refractivity contribution in [2.24, 2.45) is 5.92 Å². The number of amides is 2. The van der Waals surface area contributed by atoms with Crippen molar-refractivity contribution in [1.82, 2.24) is 10.2 Å². The number of benzene rings is 1. The number of hydrogen-bond acceptors (Lipinski definition) is 3. The van der Waals surface area contributed by atoms with Crippen LogP contribution in [0, 0.1) is 5.92 Å². The van der Waals surface area contributed by atoms with Crippen LogP contribution in [-0.2, 0) is 4.79 Å². The van der Waals surface area contributed by atoms with E-state index >= 15 is 0 Å². The van der Waals surface area contributed by atoms with E-state index in [1.807, 2.05) is 36.2 Å². The predicted octanol–water partition coefficient (Wildman–Crippen LogP) is 3.95. The Hall–Kier alpha value is -1.88. The van der Waals surface area contributed by atoms with Gasteiger partial charge in [0.1, 0.15) is 0 Å². The van der Waals surface area contributed by atoms with Crippen LogP contribution < -0.4 is 10.6 Å². The molecule has 3 fully saturated rings. The van der Waals surface area contributed by atoms with Gasteiger partial charge in [0.05, 0.1) is 11.3 Å². The molecule has 5 heteroatoms. The Morgan fingerprint density at radius 2 is 1.71 bits per heavy atom. The van der Waals surface area contributed by atoms with Crippen LogP contribution in [0.5, 0.6) is 0 Å². The van der Waals surface area contributed by atoms with Gasteiger partial charge in [-0.15, -0.1) is 0 Å². The normalized spacial score (nSPS) is 27.4. The van der Waals surface area contributed by atoms with Gasteiger partial charge in [-0.3, -0.25) is 9.59 Å². The highest BCUT2D eigenvalue weighted by Gasteiger charge is 2.34. The zero-order valence-corrected chi connectivity index (χ0v) is 17.0. The molecule has 1 aromatic rings. The fourth-order valence-electron chi connectivity index (χ4n) is 5.41. The van der Waals surface area contributed by atoms with Crippen LogP contribution in [0.15, 0.2) is 24.3 Å². The minimum Gasteiger partial charge on any atom is -0.339 e. The molecule has 1 saturated carbocycles. The molecular formula is C23H33N3O2. The number of hydrogen-bond donors (Lipinski definition) is 2. The Kier molecular flexibility index (Phi) is 6.00. The van der Waals surface area contributed by atoms with E-state index in [4.69, 9.17) is 0 Å². The number of piperidine rings is 1. The molecule has 3 aliphatic rings. The van der Waals surface area contributed by atoms with Crippen molar-refractivity contribution in [2.45, 2.75) is 82.3 Å². The van der Waals surface area contributed by atoms with E-state index in [0.717, 1.165) is 25.7 Å². The third-order valence-electron chi connectivity index (χ3n) is 6.92. The number of nitrogens with zero attached hydrogens (tertiary/aromatic N) is 1. The topological polar surface area (TPSA) is 61.4 Å². The van der Waals surface area contributed by atoms with E-state index in [2.05, 4.69) is 10.6 Å². The Bertz CT molecular complexity index is 702. The second-order valence-electron chi connectivity index (χ2n) is 8.98. The van der Waals surface area contributed by atoms with Crippen molar-refractivity contribution in [3.05, 3.63) is 29.8 Å². The lowest BCUT2D eigenvalue weighted by Crippen LogP contribution is -2.39. The lowest BCUT2D eigenvalue weighted by atomic mass is 9.89. The number of rotatable bonds is 5. The van der Waals surface area contributed by atoms with E-state index in [1.165, 1.54) is 32.1 Å². The van der Waals surface area contributed by atoms with Crippen LogP contribution in [0.4, 0.5) is 5.69 Å². The van der Waals surface area contributed by atoms with Crippen molar-refractivity contribution in [1.29, 1.82) is 0 Å². The fourth-order valence-corrected chi connectivity index (χ4v) is 5.41. The Morgan fingerprint density at radius 1 is 1.04 bits per heavy atom. The molecule has 0 aromatic heterocycles. The van der Waals surface area contributed by atoms with Crippen molar-refractivity contribution in [3.63, 3.8) is 0 Å². The summed E-state index contributed by atoms with van der Waals surface area (Å²) >= 11 is 0. The Balaban J connectivity index is 1.39. The minimum absolute atomic E-state index is 0.0164. The number of para-hydroxylation sites is 1. The van der Waals surface area contributed by atoms with E-state index in [-0.39, 0.29) is 11.8 Å². The van der Waals surface area contributed by atoms with E-state index in [9.17, 15) is 9.59 Å². The van der Waals surface area contributed by atoms with Crippen LogP contribution in [0.2, 0.25) is 0 Å². The first-order valence-electron chi connectivity index (χ1n) is 11.0. The average Bonchev–Trinajstić information content (AvgIpc) is 3.06. The SMILES string of the molecule is CN(C(=O)c1ccccc1NC(=O)CC1CC2CCC(C1)N2)C1CCCCC1. The van der Waals surface area contributed by atoms with Crippen LogP contribution in [0.1, 0.15) is 74.6 Å². The summed E-state index contributed by atoms with van der Waals surface area (Å²) in [5, 5.41) is 6.67. The lowest BCUT2D eigenvalue weighted by molar-refractivity contribution is -0.117. The van der Waals surface area contributed by atoms with Crippen LogP contribution in [0.25, 0.3) is 0 Å². The van der Waals surface area contributed by atoms with Crippen LogP contribution in [0.3, 0.4) is 0 Å². The van der Waals surface area contributed by atoms with E-state index < -0.39 is 0 Å². The molecule has 0 radical (unpaired) electrons. The third kappa shape index (κ3) is 4.40. The quantitative estimate of drug-likeness (QED) is 0.809. The summed E-state index contributed by atoms with van der Waals surface area (Å²) in [7, 11) is 1.90. The molecule has 5 nitrogen and oxygen atoms in total. The molecule has 2 aliphatic heterocycles. The highest BCUT2D eigenvalue weighted by molar-refractivity contribution is 6.03. The molecule has 2 amide bonds. The molecule has 4 rings (SSSR count). The van der Waals surface area contributed by atoms with Crippen molar-refractivity contribution >= 4 is 17.5 Å². The molecule has 2 saturated heterocycles. The Morgan fingerprint density at radius 3 is 2.43 bits per heavy atom. The molecule has 2 N–H and O–H groups in total. The van der Waals surface area contributed by atoms with Gasteiger partial charge in [-0.2, -0.15) is 0 Å². The largest absolute Gasteiger partial charge is 0.339 e. The summed E-state index contributed by atoms with van der Waals surface area (Å²) in [5.41, 5.74) is 1.26. The molecule has 2 atom stereocenters. The number of fused-ring (bicyclic) bond motifs is 2. The van der Waals surface area contributed by atoms with Gasteiger partial charge in [0, 0.05) is 31.6 Å². The monoisotopic (exact) mass is 383 g/mol. The molecule has 1 aliphatic carbocycles. The van der Waals surface area contributed by atoms with Gasteiger partial charge in [0.25, 0.3) is 5.91 Å². The molecule has 0 spiro atoms. The van der Waals surface area contributed by atoms with Gasteiger partial charge in [0.15, 0.2) is 0 Å². The maximum Gasteiger partial charge on any atom is 0.255 e. The molecule has 2 unspecified atom stereocenters. The van der Waals surface area contributed by atoms with Gasteiger partial charge < -0.3 is 15.5 Å². The summed E-state index contributed by atoms with van der Waals surface area (Å²) in [6.07, 6.45) is 11.0. The van der Waals surface area contributed by atoms with Crippen molar-refractivity contribution in [2.75, 3.05) is 12.4 Å². The summed E-state index contributed by atoms with van der Waals surface area (Å²) in [5.74, 6) is 0.501. The summed E-state index contributed by atoms with van der Waals surface area (Å²) < 4.78 is 0. The molecular weight excluding hydrogens is 350 g/mol. The third-order valence-corrected chi connectivity index (χ3v) is 6.92. The Labute approximate surface area is 168 Å². The molecule has 28 heavy (non-hydrogen) atoms. The highest BCUT2D eigenvalue weighted by Crippen LogP contribution is 2.33. The molecule has 1 aromatic carbocycles. The van der Waals surface area contributed by atoms with E-state index in [0.29, 0.717) is 41.7 Å². The molecule has 2 bridgehead atoms. The summed E-state index contributed by atoms with van der Waals surface area (Å²) in [6, 6.07) is 8.95. The number of carbonyl (C=O) groups excluding carboxylic acids is 2. The highest BCUT2D eigenvalue weighted by atomic mass is 16.2. The van der Waals surface area contributed by atoms with Gasteiger partial charge in [-0.1, -0.05) is 31.4 Å². The zero-order chi connectivity index (χ0) is 19.5. The maximum atomic E-state index is 13.1. The summed E-state index contributed by atoms with van der Waals surface area (Å²) in [6.45, 7) is 0. The van der Waals surface area contributed by atoms with Crippen molar-refractivity contribution in [3.8, 4) is 0 Å². The van der Waals surface area contributed by atoms with Crippen LogP contribution >= 0.6 is 0 Å². The first-order valence-corrected chi connectivity index (χ1v) is 11.0. The van der Waals surface area contributed by atoms with Crippen LogP contribution in [-0.4, -0.2) is 41.9 Å². The smallest absolute Gasteiger partial charge is 0.255 e.